The minimum atomic E-state index is -0.508. The molecule has 2 N–H and O–H groups in total. The summed E-state index contributed by atoms with van der Waals surface area (Å²) in [5.41, 5.74) is 0.0686. The van der Waals surface area contributed by atoms with E-state index in [2.05, 4.69) is 15.6 Å². The number of hydrogen-bond donors (Lipinski definition) is 2. The Labute approximate surface area is 155 Å². The zero-order valence-electron chi connectivity index (χ0n) is 16.6. The van der Waals surface area contributed by atoms with Crippen LogP contribution in [0.2, 0.25) is 0 Å². The Kier molecular flexibility index (Phi) is 8.35. The first-order chi connectivity index (χ1) is 12.1. The van der Waals surface area contributed by atoms with Gasteiger partial charge in [-0.25, -0.2) is 9.18 Å². The Hall–Kier alpha value is -2.31. The monoisotopic (exact) mass is 366 g/mol. The van der Waals surface area contributed by atoms with Gasteiger partial charge in [0.15, 0.2) is 5.96 Å². The lowest BCUT2D eigenvalue weighted by Gasteiger charge is -2.26. The molecule has 0 aliphatic heterocycles. The highest BCUT2D eigenvalue weighted by atomic mass is 19.1. The molecule has 1 atom stereocenters. The number of rotatable bonds is 6. The summed E-state index contributed by atoms with van der Waals surface area (Å²) < 4.78 is 19.0. The van der Waals surface area contributed by atoms with Crippen molar-refractivity contribution in [1.29, 1.82) is 0 Å². The maximum atomic E-state index is 13.6. The highest BCUT2D eigenvalue weighted by Gasteiger charge is 2.20. The van der Waals surface area contributed by atoms with Crippen LogP contribution in [0, 0.1) is 11.7 Å². The van der Waals surface area contributed by atoms with Gasteiger partial charge in [-0.1, -0.05) is 25.1 Å². The molecular weight excluding hydrogens is 335 g/mol. The topological polar surface area (TPSA) is 66.0 Å². The molecule has 146 valence electrons. The summed E-state index contributed by atoms with van der Waals surface area (Å²) in [4.78, 5) is 17.7. The molecule has 1 unspecified atom stereocenters. The summed E-state index contributed by atoms with van der Waals surface area (Å²) >= 11 is 0. The molecule has 1 amide bonds. The zero-order chi connectivity index (χ0) is 19.7. The first-order valence-electron chi connectivity index (χ1n) is 8.74. The molecule has 0 radical (unpaired) electrons. The van der Waals surface area contributed by atoms with Crippen LogP contribution >= 0.6 is 0 Å². The predicted octanol–water partition coefficient (Wildman–Crippen LogP) is 2.99. The van der Waals surface area contributed by atoms with E-state index in [0.717, 1.165) is 0 Å². The number of ether oxygens (including phenoxy) is 1. The fourth-order valence-corrected chi connectivity index (χ4v) is 2.26. The van der Waals surface area contributed by atoms with E-state index in [-0.39, 0.29) is 17.8 Å². The van der Waals surface area contributed by atoms with Gasteiger partial charge in [0.25, 0.3) is 0 Å². The number of carbonyl (C=O) groups excluding carboxylic acids is 1. The predicted molar refractivity (Wildman–Crippen MR) is 103 cm³/mol. The van der Waals surface area contributed by atoms with Crippen LogP contribution in [0.5, 0.6) is 0 Å². The Morgan fingerprint density at radius 3 is 2.54 bits per heavy atom. The number of nitrogens with zero attached hydrogens (tertiary/aromatic N) is 2. The van der Waals surface area contributed by atoms with Crippen LogP contribution in [-0.4, -0.2) is 49.7 Å². The first kappa shape index (κ1) is 21.7. The van der Waals surface area contributed by atoms with Crippen molar-refractivity contribution in [1.82, 2.24) is 15.5 Å². The van der Waals surface area contributed by atoms with Crippen molar-refractivity contribution in [2.24, 2.45) is 10.9 Å². The fourth-order valence-electron chi connectivity index (χ4n) is 2.26. The molecule has 0 heterocycles. The molecule has 0 aromatic heterocycles. The molecule has 1 aromatic carbocycles. The SMILES string of the molecule is CN=C(NCc1ccccc1F)NCC(C)CN(C)C(=O)OC(C)(C)C. The Morgan fingerprint density at radius 1 is 1.31 bits per heavy atom. The molecule has 0 bridgehead atoms. The Bertz CT molecular complexity index is 614. The molecular formula is C19H31FN4O2. The molecule has 6 nitrogen and oxygen atoms in total. The summed E-state index contributed by atoms with van der Waals surface area (Å²) in [6.45, 7) is 9.06. The van der Waals surface area contributed by atoms with Gasteiger partial charge < -0.3 is 20.3 Å². The molecule has 1 rings (SSSR count). The molecule has 0 aliphatic rings. The average molecular weight is 366 g/mol. The number of guanidine groups is 1. The number of aliphatic imine (C=N–C) groups is 1. The van der Waals surface area contributed by atoms with Crippen LogP contribution in [0.3, 0.4) is 0 Å². The van der Waals surface area contributed by atoms with Crippen molar-refractivity contribution in [2.75, 3.05) is 27.2 Å². The van der Waals surface area contributed by atoms with Crippen LogP contribution in [0.15, 0.2) is 29.3 Å². The zero-order valence-corrected chi connectivity index (χ0v) is 16.6. The minimum absolute atomic E-state index is 0.180. The van der Waals surface area contributed by atoms with E-state index in [9.17, 15) is 9.18 Å². The molecule has 7 heteroatoms. The van der Waals surface area contributed by atoms with Crippen molar-refractivity contribution in [3.05, 3.63) is 35.6 Å². The van der Waals surface area contributed by atoms with Gasteiger partial charge in [0.1, 0.15) is 11.4 Å². The number of benzene rings is 1. The third kappa shape index (κ3) is 8.18. The fraction of sp³-hybridized carbons (Fsp3) is 0.579. The minimum Gasteiger partial charge on any atom is -0.444 e. The number of amides is 1. The van der Waals surface area contributed by atoms with Gasteiger partial charge in [0.2, 0.25) is 0 Å². The molecule has 1 aromatic rings. The van der Waals surface area contributed by atoms with E-state index in [1.54, 1.807) is 37.2 Å². The quantitative estimate of drug-likeness (QED) is 0.600. The van der Waals surface area contributed by atoms with Crippen molar-refractivity contribution in [2.45, 2.75) is 39.8 Å². The van der Waals surface area contributed by atoms with Crippen molar-refractivity contribution in [3.63, 3.8) is 0 Å². The van der Waals surface area contributed by atoms with Crippen LogP contribution in [-0.2, 0) is 11.3 Å². The number of hydrogen-bond acceptors (Lipinski definition) is 3. The molecule has 0 spiro atoms. The molecule has 0 saturated heterocycles. The normalized spacial score (nSPS) is 13.1. The van der Waals surface area contributed by atoms with Gasteiger partial charge >= 0.3 is 6.09 Å². The van der Waals surface area contributed by atoms with E-state index in [1.807, 2.05) is 27.7 Å². The maximum absolute atomic E-state index is 13.6. The summed E-state index contributed by atoms with van der Waals surface area (Å²) in [7, 11) is 3.38. The van der Waals surface area contributed by atoms with Crippen molar-refractivity contribution in [3.8, 4) is 0 Å². The van der Waals surface area contributed by atoms with Crippen LogP contribution in [0.4, 0.5) is 9.18 Å². The van der Waals surface area contributed by atoms with Gasteiger partial charge in [0.05, 0.1) is 0 Å². The number of nitrogens with one attached hydrogen (secondary N) is 2. The highest BCUT2D eigenvalue weighted by Crippen LogP contribution is 2.10. The lowest BCUT2D eigenvalue weighted by Crippen LogP contribution is -2.42. The van der Waals surface area contributed by atoms with E-state index in [4.69, 9.17) is 4.74 Å². The van der Waals surface area contributed by atoms with E-state index in [1.165, 1.54) is 6.07 Å². The third-order valence-electron chi connectivity index (χ3n) is 3.54. The lowest BCUT2D eigenvalue weighted by molar-refractivity contribution is 0.0278. The maximum Gasteiger partial charge on any atom is 0.410 e. The van der Waals surface area contributed by atoms with Gasteiger partial charge in [-0.05, 0) is 32.8 Å². The van der Waals surface area contributed by atoms with E-state index < -0.39 is 5.60 Å². The second-order valence-corrected chi connectivity index (χ2v) is 7.36. The van der Waals surface area contributed by atoms with E-state index in [0.29, 0.717) is 31.2 Å². The summed E-state index contributed by atoms with van der Waals surface area (Å²) in [6.07, 6.45) is -0.341. The van der Waals surface area contributed by atoms with Gasteiger partial charge in [0, 0.05) is 39.3 Å². The molecule has 26 heavy (non-hydrogen) atoms. The summed E-state index contributed by atoms with van der Waals surface area (Å²) in [5.74, 6) is 0.516. The standard InChI is InChI=1S/C19H31FN4O2/c1-14(13-24(6)18(25)26-19(2,3)4)11-22-17(21-5)23-12-15-9-7-8-10-16(15)20/h7-10,14H,11-13H2,1-6H3,(H2,21,22,23). The van der Waals surface area contributed by atoms with Gasteiger partial charge in [-0.15, -0.1) is 0 Å². The number of carbonyl (C=O) groups is 1. The average Bonchev–Trinajstić information content (AvgIpc) is 2.54. The van der Waals surface area contributed by atoms with Crippen LogP contribution in [0.25, 0.3) is 0 Å². The Balaban J connectivity index is 2.41. The highest BCUT2D eigenvalue weighted by molar-refractivity contribution is 5.79. The lowest BCUT2D eigenvalue weighted by atomic mass is 10.1. The van der Waals surface area contributed by atoms with Crippen molar-refractivity contribution < 1.29 is 13.9 Å². The summed E-state index contributed by atoms with van der Waals surface area (Å²) in [6, 6.07) is 6.62. The van der Waals surface area contributed by atoms with Crippen LogP contribution in [0.1, 0.15) is 33.3 Å². The van der Waals surface area contributed by atoms with Gasteiger partial charge in [-0.3, -0.25) is 4.99 Å². The Morgan fingerprint density at radius 2 is 1.96 bits per heavy atom. The molecule has 0 aliphatic carbocycles. The first-order valence-corrected chi connectivity index (χ1v) is 8.74. The second-order valence-electron chi connectivity index (χ2n) is 7.36. The van der Waals surface area contributed by atoms with Crippen molar-refractivity contribution >= 4 is 12.1 Å². The van der Waals surface area contributed by atoms with Crippen LogP contribution < -0.4 is 10.6 Å². The van der Waals surface area contributed by atoms with Gasteiger partial charge in [-0.2, -0.15) is 0 Å². The summed E-state index contributed by atoms with van der Waals surface area (Å²) in [5, 5.41) is 6.27. The molecule has 0 saturated carbocycles. The van der Waals surface area contributed by atoms with E-state index >= 15 is 0 Å². The second kappa shape index (κ2) is 9.99. The largest absolute Gasteiger partial charge is 0.444 e. The third-order valence-corrected chi connectivity index (χ3v) is 3.54. The smallest absolute Gasteiger partial charge is 0.410 e. The molecule has 0 fully saturated rings. The number of halogens is 1.